The molecule has 4 heterocycles. The van der Waals surface area contributed by atoms with Crippen LogP contribution in [0.15, 0.2) is 55.0 Å². The van der Waals surface area contributed by atoms with Gasteiger partial charge in [0.2, 0.25) is 0 Å². The highest BCUT2D eigenvalue weighted by Gasteiger charge is 2.34. The molecule has 0 radical (unpaired) electrons. The Labute approximate surface area is 286 Å². The van der Waals surface area contributed by atoms with Gasteiger partial charge in [-0.2, -0.15) is 9.61 Å². The molecule has 3 aromatic heterocycles. The van der Waals surface area contributed by atoms with Crippen LogP contribution in [0, 0.1) is 5.92 Å². The van der Waals surface area contributed by atoms with Crippen LogP contribution in [0.2, 0.25) is 0 Å². The van der Waals surface area contributed by atoms with Crippen LogP contribution >= 0.6 is 0 Å². The van der Waals surface area contributed by atoms with Crippen molar-refractivity contribution < 1.29 is 24.2 Å². The molecule has 13 heteroatoms. The molecule has 0 bridgehead atoms. The van der Waals surface area contributed by atoms with Crippen LogP contribution in [0.25, 0.3) is 17.0 Å². The van der Waals surface area contributed by atoms with Crippen LogP contribution in [0.5, 0.6) is 0 Å². The average molecular weight is 671 g/mol. The van der Waals surface area contributed by atoms with Gasteiger partial charge in [0.1, 0.15) is 22.8 Å². The van der Waals surface area contributed by atoms with Crippen molar-refractivity contribution in [2.24, 2.45) is 5.92 Å². The molecule has 1 aromatic carbocycles. The van der Waals surface area contributed by atoms with E-state index in [0.29, 0.717) is 48.5 Å². The Morgan fingerprint density at radius 3 is 2.33 bits per heavy atom. The number of aliphatic hydroxyl groups excluding tert-OH is 1. The van der Waals surface area contributed by atoms with E-state index in [1.165, 1.54) is 0 Å². The number of nitrogens with zero attached hydrogens (tertiary/aromatic N) is 7. The Kier molecular flexibility index (Phi) is 9.47. The topological polar surface area (TPSA) is 147 Å². The van der Waals surface area contributed by atoms with Crippen molar-refractivity contribution in [2.75, 3.05) is 29.9 Å². The molecule has 1 saturated heterocycles. The number of piperidine rings is 1. The number of hydrogen-bond acceptors (Lipinski definition) is 10. The molecule has 2 atom stereocenters. The largest absolute Gasteiger partial charge is 0.444 e. The van der Waals surface area contributed by atoms with Crippen molar-refractivity contribution in [3.63, 3.8) is 0 Å². The highest BCUT2D eigenvalue weighted by Crippen LogP contribution is 2.42. The summed E-state index contributed by atoms with van der Waals surface area (Å²) in [5.41, 5.74) is 2.11. The van der Waals surface area contributed by atoms with Crippen LogP contribution < -0.4 is 10.2 Å². The number of aliphatic hydroxyl groups is 1. The van der Waals surface area contributed by atoms with Gasteiger partial charge in [-0.3, -0.25) is 4.90 Å². The zero-order valence-corrected chi connectivity index (χ0v) is 29.1. The number of carbonyl (C=O) groups is 2. The van der Waals surface area contributed by atoms with Crippen molar-refractivity contribution in [2.45, 2.75) is 90.6 Å². The molecule has 2 aliphatic rings. The number of aromatic nitrogens is 5. The average Bonchev–Trinajstić information content (AvgIpc) is 3.80. The summed E-state index contributed by atoms with van der Waals surface area (Å²) in [6.45, 7) is 12.3. The fraction of sp³-hybridized carbons (Fsp3) is 0.500. The quantitative estimate of drug-likeness (QED) is 0.228. The van der Waals surface area contributed by atoms with Gasteiger partial charge in [-0.25, -0.2) is 24.5 Å². The Balaban J connectivity index is 1.27. The number of β-amino-alcohol motifs (C(OH)–C–C–N with tert-alkyl or cyclic N) is 1. The first kappa shape index (κ1) is 34.1. The minimum Gasteiger partial charge on any atom is -0.444 e. The minimum absolute atomic E-state index is 0.123. The van der Waals surface area contributed by atoms with E-state index >= 15 is 0 Å². The second-order valence-corrected chi connectivity index (χ2v) is 14.9. The molecular formula is C36H46N8O5. The van der Waals surface area contributed by atoms with Gasteiger partial charge < -0.3 is 24.8 Å². The molecule has 6 rings (SSSR count). The zero-order valence-electron chi connectivity index (χ0n) is 29.1. The Bertz CT molecular complexity index is 1780. The lowest BCUT2D eigenvalue weighted by molar-refractivity contribution is -0.0104. The first-order valence-electron chi connectivity index (χ1n) is 16.9. The molecule has 1 aliphatic carbocycles. The fourth-order valence-electron chi connectivity index (χ4n) is 5.82. The maximum Gasteiger partial charge on any atom is 0.416 e. The normalized spacial score (nSPS) is 18.3. The molecule has 13 nitrogen and oxygen atoms in total. The van der Waals surface area contributed by atoms with E-state index in [4.69, 9.17) is 19.6 Å². The maximum absolute atomic E-state index is 13.9. The van der Waals surface area contributed by atoms with Gasteiger partial charge in [0.05, 0.1) is 25.4 Å². The lowest BCUT2D eigenvalue weighted by Crippen LogP contribution is -2.49. The number of hydrogen-bond donors (Lipinski definition) is 2. The van der Waals surface area contributed by atoms with Crippen molar-refractivity contribution in [1.82, 2.24) is 29.5 Å². The molecule has 4 aromatic rings. The Morgan fingerprint density at radius 2 is 1.69 bits per heavy atom. The van der Waals surface area contributed by atoms with E-state index in [9.17, 15) is 14.7 Å². The van der Waals surface area contributed by atoms with E-state index in [1.807, 2.05) is 72.0 Å². The standard InChI is InChI=1S/C36H46N8O5/c1-35(2,3)48-33(46)42-17-14-26(28(45)22-42)19-39-29-18-30(44-32(41-29)27(20-40-44)24-12-13-24)43(34(47)49-36(4,5)6)21-23-8-10-25(11-9-23)31-37-15-7-16-38-31/h7-11,15-16,18,20,24,26,28,45H,12-14,17,19,21-22H2,1-6H3,(H,39,41)/t26-,28+/m1/s1. The van der Waals surface area contributed by atoms with E-state index in [2.05, 4.69) is 15.3 Å². The molecule has 2 N–H and O–H groups in total. The molecule has 260 valence electrons. The minimum atomic E-state index is -0.739. The molecule has 2 amide bonds. The van der Waals surface area contributed by atoms with E-state index < -0.39 is 29.5 Å². The third-order valence-electron chi connectivity index (χ3n) is 8.42. The van der Waals surface area contributed by atoms with Gasteiger partial charge in [0.15, 0.2) is 11.5 Å². The van der Waals surface area contributed by atoms with E-state index in [0.717, 1.165) is 29.5 Å². The molecule has 1 saturated carbocycles. The first-order valence-corrected chi connectivity index (χ1v) is 16.9. The van der Waals surface area contributed by atoms with Gasteiger partial charge in [0, 0.05) is 48.6 Å². The number of anilines is 2. The summed E-state index contributed by atoms with van der Waals surface area (Å²) in [6, 6.07) is 11.3. The van der Waals surface area contributed by atoms with Gasteiger partial charge in [-0.1, -0.05) is 24.3 Å². The second-order valence-electron chi connectivity index (χ2n) is 14.9. The van der Waals surface area contributed by atoms with Crippen molar-refractivity contribution in [3.8, 4) is 11.4 Å². The van der Waals surface area contributed by atoms with E-state index in [1.54, 1.807) is 38.8 Å². The van der Waals surface area contributed by atoms with Gasteiger partial charge in [-0.05, 0) is 78.4 Å². The summed E-state index contributed by atoms with van der Waals surface area (Å²) in [5.74, 6) is 1.92. The van der Waals surface area contributed by atoms with Crippen LogP contribution in [0.3, 0.4) is 0 Å². The first-order chi connectivity index (χ1) is 23.2. The van der Waals surface area contributed by atoms with Gasteiger partial charge in [-0.15, -0.1) is 0 Å². The highest BCUT2D eigenvalue weighted by molar-refractivity contribution is 5.88. The molecule has 0 unspecified atom stereocenters. The van der Waals surface area contributed by atoms with Crippen molar-refractivity contribution in [1.29, 1.82) is 0 Å². The lowest BCUT2D eigenvalue weighted by atomic mass is 9.94. The number of ether oxygens (including phenoxy) is 2. The summed E-state index contributed by atoms with van der Waals surface area (Å²) in [4.78, 5) is 43.3. The third-order valence-corrected chi connectivity index (χ3v) is 8.42. The van der Waals surface area contributed by atoms with Crippen LogP contribution in [0.1, 0.15) is 77.8 Å². The summed E-state index contributed by atoms with van der Waals surface area (Å²) in [7, 11) is 0. The van der Waals surface area contributed by atoms with Crippen LogP contribution in [-0.2, 0) is 16.0 Å². The summed E-state index contributed by atoms with van der Waals surface area (Å²) in [5, 5.41) is 19.1. The third kappa shape index (κ3) is 8.45. The Morgan fingerprint density at radius 1 is 1.00 bits per heavy atom. The van der Waals surface area contributed by atoms with Crippen LogP contribution in [-0.4, -0.2) is 83.7 Å². The number of amides is 2. The van der Waals surface area contributed by atoms with E-state index in [-0.39, 0.29) is 19.0 Å². The summed E-state index contributed by atoms with van der Waals surface area (Å²) in [6.07, 6.45) is 6.28. The monoisotopic (exact) mass is 670 g/mol. The SMILES string of the molecule is CC(C)(C)OC(=O)N1CC[C@H](CNc2cc(N(Cc3ccc(-c4ncccn4)cc3)C(=O)OC(C)(C)C)n3ncc(C4CC4)c3n2)[C@@H](O)C1. The molecule has 49 heavy (non-hydrogen) atoms. The maximum atomic E-state index is 13.9. The number of likely N-dealkylation sites (tertiary alicyclic amines) is 1. The smallest absolute Gasteiger partial charge is 0.416 e. The predicted octanol–water partition coefficient (Wildman–Crippen LogP) is 6.04. The number of benzene rings is 1. The van der Waals surface area contributed by atoms with Crippen molar-refractivity contribution in [3.05, 3.63) is 66.1 Å². The molecule has 1 aliphatic heterocycles. The second kappa shape index (κ2) is 13.6. The predicted molar refractivity (Wildman–Crippen MR) is 185 cm³/mol. The summed E-state index contributed by atoms with van der Waals surface area (Å²) < 4.78 is 13.1. The molecule has 0 spiro atoms. The number of fused-ring (bicyclic) bond motifs is 1. The molecular weight excluding hydrogens is 624 g/mol. The number of rotatable bonds is 8. The van der Waals surface area contributed by atoms with Crippen molar-refractivity contribution >= 4 is 29.5 Å². The van der Waals surface area contributed by atoms with Crippen LogP contribution in [0.4, 0.5) is 21.2 Å². The zero-order chi connectivity index (χ0) is 34.9. The molecule has 2 fully saturated rings. The highest BCUT2D eigenvalue weighted by atomic mass is 16.6. The Hall–Kier alpha value is -4.78. The van der Waals surface area contributed by atoms with Gasteiger partial charge >= 0.3 is 12.2 Å². The number of nitrogens with one attached hydrogen (secondary N) is 1. The summed E-state index contributed by atoms with van der Waals surface area (Å²) >= 11 is 0. The number of carbonyl (C=O) groups excluding carboxylic acids is 2. The fourth-order valence-corrected chi connectivity index (χ4v) is 5.82. The van der Waals surface area contributed by atoms with Gasteiger partial charge in [0.25, 0.3) is 0 Å². The lowest BCUT2D eigenvalue weighted by Gasteiger charge is -2.36.